The van der Waals surface area contributed by atoms with Crippen molar-refractivity contribution in [1.29, 1.82) is 0 Å². The van der Waals surface area contributed by atoms with E-state index in [-0.39, 0.29) is 0 Å². The second-order valence-corrected chi connectivity index (χ2v) is 4.82. The zero-order chi connectivity index (χ0) is 12.8. The first-order chi connectivity index (χ1) is 8.79. The van der Waals surface area contributed by atoms with Gasteiger partial charge < -0.3 is 0 Å². The molecule has 0 spiro atoms. The first-order valence-electron chi connectivity index (χ1n) is 6.36. The van der Waals surface area contributed by atoms with Crippen LogP contribution < -0.4 is 0 Å². The van der Waals surface area contributed by atoms with Crippen LogP contribution in [0.25, 0.3) is 11.4 Å². The van der Waals surface area contributed by atoms with E-state index in [9.17, 15) is 0 Å². The summed E-state index contributed by atoms with van der Waals surface area (Å²) >= 11 is 5.85. The lowest BCUT2D eigenvalue weighted by molar-refractivity contribution is 0.714. The molecule has 2 aromatic rings. The van der Waals surface area contributed by atoms with E-state index in [4.69, 9.17) is 11.6 Å². The van der Waals surface area contributed by atoms with Crippen LogP contribution in [0, 0.1) is 0 Å². The first-order valence-corrected chi connectivity index (χ1v) is 6.74. The van der Waals surface area contributed by atoms with Gasteiger partial charge in [-0.15, -0.1) is 0 Å². The summed E-state index contributed by atoms with van der Waals surface area (Å²) < 4.78 is 0. The molecule has 0 saturated heterocycles. The Morgan fingerprint density at radius 3 is 2.28 bits per heavy atom. The van der Waals surface area contributed by atoms with E-state index in [1.165, 1.54) is 24.8 Å². The Morgan fingerprint density at radius 1 is 1.00 bits per heavy atom. The third-order valence-corrected chi connectivity index (χ3v) is 3.13. The van der Waals surface area contributed by atoms with Gasteiger partial charge in [0.25, 0.3) is 0 Å². The third kappa shape index (κ3) is 3.54. The van der Waals surface area contributed by atoms with Gasteiger partial charge in [-0.2, -0.15) is 0 Å². The molecule has 18 heavy (non-hydrogen) atoms. The standard InChI is InChI=1S/C15H17ClN2/c1-2-3-4-5-12-10-17-15(18-11-12)13-6-8-14(16)9-7-13/h6-11H,2-5H2,1H3. The molecule has 0 N–H and O–H groups in total. The Labute approximate surface area is 113 Å². The largest absolute Gasteiger partial charge is 0.236 e. The highest BCUT2D eigenvalue weighted by molar-refractivity contribution is 6.30. The Kier molecular flexibility index (Phi) is 4.71. The van der Waals surface area contributed by atoms with Gasteiger partial charge in [-0.05, 0) is 42.7 Å². The number of rotatable bonds is 5. The quantitative estimate of drug-likeness (QED) is 0.738. The van der Waals surface area contributed by atoms with E-state index in [2.05, 4.69) is 16.9 Å². The zero-order valence-corrected chi connectivity index (χ0v) is 11.3. The van der Waals surface area contributed by atoms with Crippen LogP contribution >= 0.6 is 11.6 Å². The molecule has 0 amide bonds. The molecule has 2 nitrogen and oxygen atoms in total. The molecule has 94 valence electrons. The minimum Gasteiger partial charge on any atom is -0.236 e. The summed E-state index contributed by atoms with van der Waals surface area (Å²) in [5.74, 6) is 0.755. The highest BCUT2D eigenvalue weighted by Crippen LogP contribution is 2.17. The average molecular weight is 261 g/mol. The number of hydrogen-bond donors (Lipinski definition) is 0. The van der Waals surface area contributed by atoms with Gasteiger partial charge in [-0.1, -0.05) is 31.4 Å². The lowest BCUT2D eigenvalue weighted by Crippen LogP contribution is -1.93. The van der Waals surface area contributed by atoms with E-state index >= 15 is 0 Å². The van der Waals surface area contributed by atoms with Gasteiger partial charge >= 0.3 is 0 Å². The highest BCUT2D eigenvalue weighted by Gasteiger charge is 2.01. The lowest BCUT2D eigenvalue weighted by atomic mass is 10.1. The van der Waals surface area contributed by atoms with Crippen molar-refractivity contribution >= 4 is 11.6 Å². The van der Waals surface area contributed by atoms with Gasteiger partial charge in [0.05, 0.1) is 0 Å². The van der Waals surface area contributed by atoms with Gasteiger partial charge in [0.1, 0.15) is 0 Å². The van der Waals surface area contributed by atoms with Crippen molar-refractivity contribution in [3.8, 4) is 11.4 Å². The van der Waals surface area contributed by atoms with Gasteiger partial charge in [0.2, 0.25) is 0 Å². The summed E-state index contributed by atoms with van der Waals surface area (Å²) in [7, 11) is 0. The predicted octanol–water partition coefficient (Wildman–Crippen LogP) is 4.53. The fourth-order valence-corrected chi connectivity index (χ4v) is 1.94. The minimum absolute atomic E-state index is 0.731. The van der Waals surface area contributed by atoms with Crippen molar-refractivity contribution in [2.45, 2.75) is 32.6 Å². The zero-order valence-electron chi connectivity index (χ0n) is 10.6. The van der Waals surface area contributed by atoms with Crippen LogP contribution in [0.5, 0.6) is 0 Å². The molecule has 1 aromatic heterocycles. The number of halogens is 1. The number of hydrogen-bond acceptors (Lipinski definition) is 2. The minimum atomic E-state index is 0.731. The fraction of sp³-hybridized carbons (Fsp3) is 0.333. The molecule has 1 aromatic carbocycles. The molecule has 0 unspecified atom stereocenters. The van der Waals surface area contributed by atoms with E-state index in [0.29, 0.717) is 0 Å². The van der Waals surface area contributed by atoms with Crippen molar-refractivity contribution in [1.82, 2.24) is 9.97 Å². The van der Waals surface area contributed by atoms with Crippen LogP contribution in [-0.2, 0) is 6.42 Å². The summed E-state index contributed by atoms with van der Waals surface area (Å²) in [6.45, 7) is 2.21. The average Bonchev–Trinajstić information content (AvgIpc) is 2.41. The molecule has 0 saturated carbocycles. The summed E-state index contributed by atoms with van der Waals surface area (Å²) in [6.07, 6.45) is 8.62. The van der Waals surface area contributed by atoms with Crippen LogP contribution in [-0.4, -0.2) is 9.97 Å². The second-order valence-electron chi connectivity index (χ2n) is 4.38. The number of aromatic nitrogens is 2. The Bertz CT molecular complexity index is 477. The van der Waals surface area contributed by atoms with Crippen LogP contribution in [0.1, 0.15) is 31.7 Å². The van der Waals surface area contributed by atoms with Crippen molar-refractivity contribution in [3.05, 3.63) is 47.2 Å². The number of aryl methyl sites for hydroxylation is 1. The van der Waals surface area contributed by atoms with Crippen molar-refractivity contribution < 1.29 is 0 Å². The molecular weight excluding hydrogens is 244 g/mol. The molecule has 3 heteroatoms. The Balaban J connectivity index is 2.05. The molecule has 0 aliphatic rings. The molecule has 0 fully saturated rings. The summed E-state index contributed by atoms with van der Waals surface area (Å²) in [6, 6.07) is 7.59. The fourth-order valence-electron chi connectivity index (χ4n) is 1.81. The molecule has 0 atom stereocenters. The highest BCUT2D eigenvalue weighted by atomic mass is 35.5. The van der Waals surface area contributed by atoms with E-state index < -0.39 is 0 Å². The van der Waals surface area contributed by atoms with Crippen LogP contribution in [0.3, 0.4) is 0 Å². The Morgan fingerprint density at radius 2 is 1.67 bits per heavy atom. The maximum Gasteiger partial charge on any atom is 0.159 e. The first kappa shape index (κ1) is 13.0. The number of nitrogens with zero attached hydrogens (tertiary/aromatic N) is 2. The van der Waals surface area contributed by atoms with Crippen LogP contribution in [0.4, 0.5) is 0 Å². The maximum absolute atomic E-state index is 5.85. The smallest absolute Gasteiger partial charge is 0.159 e. The maximum atomic E-state index is 5.85. The number of unbranched alkanes of at least 4 members (excludes halogenated alkanes) is 2. The molecule has 0 aliphatic carbocycles. The molecule has 2 rings (SSSR count). The van der Waals surface area contributed by atoms with Gasteiger partial charge in [-0.25, -0.2) is 9.97 Å². The molecular formula is C15H17ClN2. The SMILES string of the molecule is CCCCCc1cnc(-c2ccc(Cl)cc2)nc1. The van der Waals surface area contributed by atoms with E-state index in [0.717, 1.165) is 22.8 Å². The van der Waals surface area contributed by atoms with E-state index in [1.807, 2.05) is 36.7 Å². The predicted molar refractivity (Wildman–Crippen MR) is 75.7 cm³/mol. The Hall–Kier alpha value is -1.41. The lowest BCUT2D eigenvalue weighted by Gasteiger charge is -2.03. The monoisotopic (exact) mass is 260 g/mol. The molecule has 0 aliphatic heterocycles. The number of benzene rings is 1. The topological polar surface area (TPSA) is 25.8 Å². The summed E-state index contributed by atoms with van der Waals surface area (Å²) in [5, 5.41) is 0.731. The van der Waals surface area contributed by atoms with E-state index in [1.54, 1.807) is 0 Å². The van der Waals surface area contributed by atoms with Gasteiger partial charge in [0, 0.05) is 23.0 Å². The molecule has 0 bridgehead atoms. The van der Waals surface area contributed by atoms with Crippen molar-refractivity contribution in [2.75, 3.05) is 0 Å². The normalized spacial score (nSPS) is 10.6. The van der Waals surface area contributed by atoms with Crippen LogP contribution in [0.15, 0.2) is 36.7 Å². The van der Waals surface area contributed by atoms with Crippen molar-refractivity contribution in [2.24, 2.45) is 0 Å². The van der Waals surface area contributed by atoms with Gasteiger partial charge in [0.15, 0.2) is 5.82 Å². The van der Waals surface area contributed by atoms with Crippen molar-refractivity contribution in [3.63, 3.8) is 0 Å². The van der Waals surface area contributed by atoms with Crippen LogP contribution in [0.2, 0.25) is 5.02 Å². The summed E-state index contributed by atoms with van der Waals surface area (Å²) in [4.78, 5) is 8.81. The second kappa shape index (κ2) is 6.50. The molecule has 1 heterocycles. The molecule has 0 radical (unpaired) electrons. The third-order valence-electron chi connectivity index (χ3n) is 2.88. The summed E-state index contributed by atoms with van der Waals surface area (Å²) in [5.41, 5.74) is 2.21. The van der Waals surface area contributed by atoms with Gasteiger partial charge in [-0.3, -0.25) is 0 Å².